The Hall–Kier alpha value is -2.26. The highest BCUT2D eigenvalue weighted by Gasteiger charge is 2.15. The minimum Gasteiger partial charge on any atom is -0.273 e. The highest BCUT2D eigenvalue weighted by atomic mass is 16.2. The minimum atomic E-state index is -0.130. The van der Waals surface area contributed by atoms with E-state index in [1.807, 2.05) is 6.07 Å². The van der Waals surface area contributed by atoms with Crippen LogP contribution < -0.4 is 5.43 Å². The van der Waals surface area contributed by atoms with Crippen molar-refractivity contribution < 1.29 is 9.59 Å². The Bertz CT molecular complexity index is 487. The van der Waals surface area contributed by atoms with Gasteiger partial charge in [-0.3, -0.25) is 4.79 Å². The van der Waals surface area contributed by atoms with Crippen LogP contribution in [0.4, 0.5) is 5.69 Å². The van der Waals surface area contributed by atoms with Gasteiger partial charge in [-0.1, -0.05) is 12.1 Å². The van der Waals surface area contributed by atoms with Crippen LogP contribution in [0.15, 0.2) is 34.4 Å². The summed E-state index contributed by atoms with van der Waals surface area (Å²) in [6.45, 7) is 0. The lowest BCUT2D eigenvalue weighted by molar-refractivity contribution is -0.119. The van der Waals surface area contributed by atoms with E-state index in [2.05, 4.69) is 15.5 Å². The van der Waals surface area contributed by atoms with Crippen LogP contribution >= 0.6 is 0 Å². The molecule has 1 aliphatic rings. The number of nitrogens with zero attached hydrogens (tertiary/aromatic N) is 2. The van der Waals surface area contributed by atoms with E-state index in [0.717, 1.165) is 5.56 Å². The van der Waals surface area contributed by atoms with E-state index >= 15 is 0 Å². The molecule has 2 rings (SSSR count). The summed E-state index contributed by atoms with van der Waals surface area (Å²) < 4.78 is 0. The predicted octanol–water partition coefficient (Wildman–Crippen LogP) is 0.878. The van der Waals surface area contributed by atoms with Crippen molar-refractivity contribution in [3.05, 3.63) is 29.8 Å². The Balaban J connectivity index is 2.33. The third-order valence-electron chi connectivity index (χ3n) is 2.00. The molecule has 0 spiro atoms. The van der Waals surface area contributed by atoms with Crippen LogP contribution in [0.25, 0.3) is 0 Å². The van der Waals surface area contributed by atoms with E-state index in [-0.39, 0.29) is 12.3 Å². The van der Waals surface area contributed by atoms with E-state index in [9.17, 15) is 9.59 Å². The maximum Gasteiger partial charge on any atom is 0.246 e. The molecule has 1 N–H and O–H groups in total. The summed E-state index contributed by atoms with van der Waals surface area (Å²) in [4.78, 5) is 24.5. The van der Waals surface area contributed by atoms with Crippen LogP contribution in [0.2, 0.25) is 0 Å². The van der Waals surface area contributed by atoms with Crippen molar-refractivity contribution >= 4 is 23.4 Å². The molecule has 1 heterocycles. The van der Waals surface area contributed by atoms with Gasteiger partial charge in [0.15, 0.2) is 0 Å². The first-order valence-corrected chi connectivity index (χ1v) is 4.33. The van der Waals surface area contributed by atoms with Crippen molar-refractivity contribution in [1.29, 1.82) is 0 Å². The van der Waals surface area contributed by atoms with Crippen molar-refractivity contribution in [2.24, 2.45) is 10.1 Å². The Labute approximate surface area is 85.5 Å². The number of isocyanates is 1. The molecule has 0 aliphatic carbocycles. The fourth-order valence-electron chi connectivity index (χ4n) is 1.34. The van der Waals surface area contributed by atoms with Crippen LogP contribution in [0, 0.1) is 0 Å². The Kier molecular flexibility index (Phi) is 2.39. The van der Waals surface area contributed by atoms with Crippen LogP contribution in [0.3, 0.4) is 0 Å². The average molecular weight is 201 g/mol. The maximum atomic E-state index is 10.9. The second-order valence-corrected chi connectivity index (χ2v) is 3.02. The second kappa shape index (κ2) is 3.86. The minimum absolute atomic E-state index is 0.130. The molecule has 1 amide bonds. The molecule has 15 heavy (non-hydrogen) atoms. The van der Waals surface area contributed by atoms with Gasteiger partial charge in [-0.05, 0) is 12.1 Å². The topological polar surface area (TPSA) is 70.9 Å². The SMILES string of the molecule is O=C=Nc1cccc(C2=NNC(=O)C2)c1. The molecule has 0 saturated carbocycles. The Morgan fingerprint density at radius 3 is 3.00 bits per heavy atom. The van der Waals surface area contributed by atoms with E-state index in [1.54, 1.807) is 18.2 Å². The fraction of sp³-hybridized carbons (Fsp3) is 0.100. The number of rotatable bonds is 2. The fourth-order valence-corrected chi connectivity index (χ4v) is 1.34. The van der Waals surface area contributed by atoms with Crippen LogP contribution in [-0.2, 0) is 9.59 Å². The lowest BCUT2D eigenvalue weighted by atomic mass is 10.1. The molecule has 0 radical (unpaired) electrons. The summed E-state index contributed by atoms with van der Waals surface area (Å²) >= 11 is 0. The molecular weight excluding hydrogens is 194 g/mol. The van der Waals surface area contributed by atoms with Gasteiger partial charge in [0.05, 0.1) is 17.8 Å². The predicted molar refractivity (Wildman–Crippen MR) is 53.5 cm³/mol. The summed E-state index contributed by atoms with van der Waals surface area (Å²) in [5.74, 6) is -0.130. The van der Waals surface area contributed by atoms with Crippen molar-refractivity contribution in [3.63, 3.8) is 0 Å². The molecule has 0 fully saturated rings. The van der Waals surface area contributed by atoms with Crippen molar-refractivity contribution in [2.45, 2.75) is 6.42 Å². The molecule has 0 bridgehead atoms. The number of nitrogens with one attached hydrogen (secondary N) is 1. The zero-order chi connectivity index (χ0) is 10.7. The normalized spacial score (nSPS) is 14.1. The smallest absolute Gasteiger partial charge is 0.246 e. The first-order chi connectivity index (χ1) is 7.29. The number of hydrogen-bond donors (Lipinski definition) is 1. The van der Waals surface area contributed by atoms with E-state index in [0.29, 0.717) is 11.4 Å². The van der Waals surface area contributed by atoms with Gasteiger partial charge < -0.3 is 0 Å². The molecule has 1 aliphatic heterocycles. The Morgan fingerprint density at radius 2 is 2.33 bits per heavy atom. The standard InChI is InChI=1S/C10H7N3O2/c14-6-11-8-3-1-2-7(4-8)9-5-10(15)13-12-9/h1-4H,5H2,(H,13,15). The lowest BCUT2D eigenvalue weighted by Crippen LogP contribution is -2.09. The summed E-state index contributed by atoms with van der Waals surface area (Å²) in [5, 5.41) is 3.87. The third kappa shape index (κ3) is 1.98. The summed E-state index contributed by atoms with van der Waals surface area (Å²) in [6, 6.07) is 6.92. The Morgan fingerprint density at radius 1 is 1.47 bits per heavy atom. The van der Waals surface area contributed by atoms with Crippen molar-refractivity contribution in [2.75, 3.05) is 0 Å². The number of hydrogen-bond acceptors (Lipinski definition) is 4. The summed E-state index contributed by atoms with van der Waals surface area (Å²) in [5.41, 5.74) is 4.30. The van der Waals surface area contributed by atoms with Gasteiger partial charge in [-0.2, -0.15) is 10.1 Å². The molecule has 1 aromatic carbocycles. The molecular formula is C10H7N3O2. The quantitative estimate of drug-likeness (QED) is 0.569. The van der Waals surface area contributed by atoms with E-state index in [1.165, 1.54) is 6.08 Å². The first-order valence-electron chi connectivity index (χ1n) is 4.33. The monoisotopic (exact) mass is 201 g/mol. The van der Waals surface area contributed by atoms with Crippen LogP contribution in [-0.4, -0.2) is 17.7 Å². The van der Waals surface area contributed by atoms with Gasteiger partial charge >= 0.3 is 0 Å². The lowest BCUT2D eigenvalue weighted by Gasteiger charge is -1.98. The second-order valence-electron chi connectivity index (χ2n) is 3.02. The van der Waals surface area contributed by atoms with E-state index in [4.69, 9.17) is 0 Å². The van der Waals surface area contributed by atoms with Gasteiger partial charge in [0.25, 0.3) is 0 Å². The van der Waals surface area contributed by atoms with Crippen molar-refractivity contribution in [1.82, 2.24) is 5.43 Å². The zero-order valence-electron chi connectivity index (χ0n) is 7.73. The van der Waals surface area contributed by atoms with Crippen LogP contribution in [0.5, 0.6) is 0 Å². The molecule has 5 heteroatoms. The zero-order valence-corrected chi connectivity index (χ0v) is 7.73. The van der Waals surface area contributed by atoms with Crippen LogP contribution in [0.1, 0.15) is 12.0 Å². The highest BCUT2D eigenvalue weighted by Crippen LogP contribution is 2.16. The number of amides is 1. The number of benzene rings is 1. The molecule has 74 valence electrons. The van der Waals surface area contributed by atoms with Gasteiger partial charge in [0.2, 0.25) is 12.0 Å². The molecule has 1 aromatic rings. The van der Waals surface area contributed by atoms with Crippen molar-refractivity contribution in [3.8, 4) is 0 Å². The molecule has 5 nitrogen and oxygen atoms in total. The third-order valence-corrected chi connectivity index (χ3v) is 2.00. The highest BCUT2D eigenvalue weighted by molar-refractivity contribution is 6.13. The number of carbonyl (C=O) groups is 1. The number of hydrazone groups is 1. The largest absolute Gasteiger partial charge is 0.273 e. The van der Waals surface area contributed by atoms with Gasteiger partial charge in [0, 0.05) is 5.56 Å². The first kappa shape index (κ1) is 9.30. The number of carbonyl (C=O) groups excluding carboxylic acids is 2. The molecule has 0 unspecified atom stereocenters. The number of aliphatic imine (C=N–C) groups is 1. The maximum absolute atomic E-state index is 10.9. The molecule has 0 saturated heterocycles. The summed E-state index contributed by atoms with van der Waals surface area (Å²) in [7, 11) is 0. The van der Waals surface area contributed by atoms with Gasteiger partial charge in [0.1, 0.15) is 0 Å². The van der Waals surface area contributed by atoms with Gasteiger partial charge in [-0.25, -0.2) is 10.2 Å². The summed E-state index contributed by atoms with van der Waals surface area (Å²) in [6.07, 6.45) is 1.72. The molecule has 0 atom stereocenters. The average Bonchev–Trinajstić information content (AvgIpc) is 2.66. The van der Waals surface area contributed by atoms with E-state index < -0.39 is 0 Å². The van der Waals surface area contributed by atoms with Gasteiger partial charge in [-0.15, -0.1) is 0 Å². The molecule has 0 aromatic heterocycles.